The minimum Gasteiger partial charge on any atom is -0.497 e. The lowest BCUT2D eigenvalue weighted by atomic mass is 9.95. The van der Waals surface area contributed by atoms with E-state index in [0.717, 1.165) is 10.7 Å². The third kappa shape index (κ3) is 3.51. The predicted octanol–water partition coefficient (Wildman–Crippen LogP) is 6.42. The fourth-order valence-corrected chi connectivity index (χ4v) is 8.71. The van der Waals surface area contributed by atoms with E-state index in [1.54, 1.807) is 7.11 Å². The molecule has 0 bridgehead atoms. The quantitative estimate of drug-likeness (QED) is 0.346. The fourth-order valence-electron chi connectivity index (χ4n) is 4.16. The van der Waals surface area contributed by atoms with Crippen LogP contribution in [0.25, 0.3) is 5.57 Å². The molecular formula is C23H28OS2Si. The van der Waals surface area contributed by atoms with E-state index >= 15 is 0 Å². The van der Waals surface area contributed by atoms with Gasteiger partial charge < -0.3 is 4.74 Å². The number of hydrogen-bond acceptors (Lipinski definition) is 3. The molecule has 0 N–H and O–H groups in total. The number of hydrogen-bond donors (Lipinski definition) is 1. The molecule has 0 spiro atoms. The third-order valence-electron chi connectivity index (χ3n) is 5.32. The third-order valence-corrected chi connectivity index (χ3v) is 9.96. The molecule has 142 valence electrons. The molecule has 1 aromatic carbocycles. The topological polar surface area (TPSA) is 9.23 Å². The van der Waals surface area contributed by atoms with Gasteiger partial charge in [0, 0.05) is 9.75 Å². The minimum atomic E-state index is -1.89. The molecule has 1 aliphatic heterocycles. The van der Waals surface area contributed by atoms with Crippen molar-refractivity contribution in [2.45, 2.75) is 40.8 Å². The maximum atomic E-state index is 5.56. The van der Waals surface area contributed by atoms with E-state index in [0.29, 0.717) is 0 Å². The number of ether oxygens (including phenoxy) is 1. The van der Waals surface area contributed by atoms with Crippen LogP contribution in [-0.4, -0.2) is 15.2 Å². The number of thiol groups is 1. The normalized spacial score (nSPS) is 16.7. The van der Waals surface area contributed by atoms with Crippen molar-refractivity contribution in [1.29, 1.82) is 0 Å². The van der Waals surface area contributed by atoms with Crippen LogP contribution in [-0.2, 0) is 0 Å². The highest BCUT2D eigenvalue weighted by molar-refractivity contribution is 7.84. The Kier molecular flexibility index (Phi) is 5.62. The number of rotatable bonds is 4. The van der Waals surface area contributed by atoms with E-state index in [9.17, 15) is 0 Å². The maximum Gasteiger partial charge on any atom is 0.118 e. The lowest BCUT2D eigenvalue weighted by Crippen LogP contribution is -2.42. The van der Waals surface area contributed by atoms with Gasteiger partial charge in [-0.3, -0.25) is 0 Å². The molecule has 2 heterocycles. The Morgan fingerprint density at radius 3 is 2.37 bits per heavy atom. The van der Waals surface area contributed by atoms with Crippen LogP contribution < -0.4 is 9.92 Å². The first-order valence-corrected chi connectivity index (χ1v) is 13.5. The van der Waals surface area contributed by atoms with E-state index < -0.39 is 8.07 Å². The van der Waals surface area contributed by atoms with Crippen LogP contribution in [0.15, 0.2) is 52.1 Å². The summed E-state index contributed by atoms with van der Waals surface area (Å²) >= 11 is 6.45. The highest BCUT2D eigenvalue weighted by Gasteiger charge is 2.41. The molecule has 0 saturated carbocycles. The molecule has 0 unspecified atom stereocenters. The second-order valence-corrected chi connectivity index (χ2v) is 14.1. The average Bonchev–Trinajstić information content (AvgIpc) is 3.05. The summed E-state index contributed by atoms with van der Waals surface area (Å²) in [4.78, 5) is 3.78. The molecule has 0 amide bonds. The Bertz CT molecular complexity index is 986. The van der Waals surface area contributed by atoms with Crippen LogP contribution in [0.5, 0.6) is 5.75 Å². The van der Waals surface area contributed by atoms with E-state index in [-0.39, 0.29) is 0 Å². The summed E-state index contributed by atoms with van der Waals surface area (Å²) in [5, 5.41) is 2.96. The number of fused-ring (bicyclic) bond motifs is 1. The molecule has 0 radical (unpaired) electrons. The Balaban J connectivity index is 2.40. The maximum absolute atomic E-state index is 5.56. The molecule has 1 aromatic heterocycles. The lowest BCUT2D eigenvalue weighted by molar-refractivity contribution is 0.415. The zero-order valence-corrected chi connectivity index (χ0v) is 19.9. The average molecular weight is 413 g/mol. The molecule has 1 aliphatic rings. The van der Waals surface area contributed by atoms with Crippen molar-refractivity contribution in [2.24, 2.45) is 0 Å². The van der Waals surface area contributed by atoms with E-state index in [1.165, 1.54) is 42.4 Å². The van der Waals surface area contributed by atoms with Crippen LogP contribution in [0, 0.1) is 13.8 Å². The number of aryl methyl sites for hydroxylation is 2. The summed E-state index contributed by atoms with van der Waals surface area (Å²) in [5.41, 5.74) is 5.45. The van der Waals surface area contributed by atoms with Crippen LogP contribution in [0.4, 0.5) is 0 Å². The summed E-state index contributed by atoms with van der Waals surface area (Å²) in [6, 6.07) is 8.95. The monoisotopic (exact) mass is 412 g/mol. The van der Waals surface area contributed by atoms with E-state index in [2.05, 4.69) is 82.9 Å². The molecular weight excluding hydrogens is 384 g/mol. The second-order valence-electron chi connectivity index (χ2n) is 7.64. The second kappa shape index (κ2) is 7.49. The number of benzene rings is 1. The summed E-state index contributed by atoms with van der Waals surface area (Å²) in [7, 11) is -0.144. The van der Waals surface area contributed by atoms with Crippen molar-refractivity contribution < 1.29 is 4.74 Å². The summed E-state index contributed by atoms with van der Waals surface area (Å²) in [6.07, 6.45) is 4.45. The summed E-state index contributed by atoms with van der Waals surface area (Å²) in [5.74, 6) is 0.941. The Hall–Kier alpha value is -1.49. The number of thiophene rings is 1. The molecule has 3 rings (SSSR count). The summed E-state index contributed by atoms with van der Waals surface area (Å²) < 4.78 is 5.56. The molecule has 0 fully saturated rings. The lowest BCUT2D eigenvalue weighted by Gasteiger charge is -2.24. The Morgan fingerprint density at radius 2 is 1.85 bits per heavy atom. The zero-order valence-electron chi connectivity index (χ0n) is 17.2. The van der Waals surface area contributed by atoms with Gasteiger partial charge in [0.15, 0.2) is 0 Å². The van der Waals surface area contributed by atoms with Crippen molar-refractivity contribution in [3.63, 3.8) is 0 Å². The van der Waals surface area contributed by atoms with Gasteiger partial charge in [-0.25, -0.2) is 0 Å². The van der Waals surface area contributed by atoms with Gasteiger partial charge in [-0.05, 0) is 89.5 Å². The highest BCUT2D eigenvalue weighted by Crippen LogP contribution is 2.45. The van der Waals surface area contributed by atoms with E-state index in [1.807, 2.05) is 18.3 Å². The largest absolute Gasteiger partial charge is 0.497 e. The molecule has 2 aromatic rings. The van der Waals surface area contributed by atoms with Crippen LogP contribution in [0.2, 0.25) is 13.1 Å². The van der Waals surface area contributed by atoms with Crippen molar-refractivity contribution in [2.75, 3.05) is 7.11 Å². The highest BCUT2D eigenvalue weighted by atomic mass is 32.1. The molecule has 0 saturated heterocycles. The van der Waals surface area contributed by atoms with Crippen LogP contribution in [0.3, 0.4) is 0 Å². The fraction of sp³-hybridized carbons (Fsp3) is 0.304. The Morgan fingerprint density at radius 1 is 1.15 bits per heavy atom. The summed E-state index contributed by atoms with van der Waals surface area (Å²) in [6.45, 7) is 13.5. The standard InChI is InChI=1S/C23H28OS2Si/c1-8-17(11-14(2)25)23-22(20-12-15(3)26-16(20)4)19-10-9-18(24-5)13-21(19)27(23,6)7/h8-13,25H,1-7H3/b14-11-,17-8-. The van der Waals surface area contributed by atoms with Crippen LogP contribution in [0.1, 0.15) is 34.7 Å². The molecule has 0 atom stereocenters. The van der Waals surface area contributed by atoms with Gasteiger partial charge >= 0.3 is 0 Å². The van der Waals surface area contributed by atoms with Crippen molar-refractivity contribution >= 4 is 42.8 Å². The van der Waals surface area contributed by atoms with Crippen molar-refractivity contribution in [3.05, 3.63) is 73.0 Å². The van der Waals surface area contributed by atoms with Crippen molar-refractivity contribution in [3.8, 4) is 5.75 Å². The number of methoxy groups -OCH3 is 1. The molecule has 27 heavy (non-hydrogen) atoms. The SMILES string of the molecule is C/C=C(/C=C(/C)S)C1=C(c2cc(C)sc2C)c2ccc(OC)cc2[Si]1(C)C. The van der Waals surface area contributed by atoms with Gasteiger partial charge in [0.2, 0.25) is 0 Å². The first-order valence-electron chi connectivity index (χ1n) is 9.25. The van der Waals surface area contributed by atoms with E-state index in [4.69, 9.17) is 4.74 Å². The minimum absolute atomic E-state index is 0.941. The predicted molar refractivity (Wildman–Crippen MR) is 126 cm³/mol. The first kappa shape index (κ1) is 20.2. The van der Waals surface area contributed by atoms with Gasteiger partial charge in [0.25, 0.3) is 0 Å². The molecule has 1 nitrogen and oxygen atoms in total. The smallest absolute Gasteiger partial charge is 0.118 e. The van der Waals surface area contributed by atoms with Crippen molar-refractivity contribution in [1.82, 2.24) is 0 Å². The number of allylic oxidation sites excluding steroid dienone is 5. The van der Waals surface area contributed by atoms with Crippen LogP contribution >= 0.6 is 24.0 Å². The molecule has 0 aliphatic carbocycles. The van der Waals surface area contributed by atoms with Gasteiger partial charge in [-0.1, -0.05) is 25.2 Å². The first-order chi connectivity index (χ1) is 12.7. The van der Waals surface area contributed by atoms with Gasteiger partial charge in [0.05, 0.1) is 7.11 Å². The zero-order chi connectivity index (χ0) is 19.9. The molecule has 4 heteroatoms. The van der Waals surface area contributed by atoms with Gasteiger partial charge in [0.1, 0.15) is 13.8 Å². The van der Waals surface area contributed by atoms with Gasteiger partial charge in [-0.15, -0.1) is 24.0 Å². The van der Waals surface area contributed by atoms with Gasteiger partial charge in [-0.2, -0.15) is 0 Å². The Labute approximate surface area is 173 Å².